The monoisotopic (exact) mass is 284 g/mol. The average molecular weight is 284 g/mol. The third-order valence-electron chi connectivity index (χ3n) is 4.44. The van der Waals surface area contributed by atoms with Crippen molar-refractivity contribution in [1.82, 2.24) is 0 Å². The molecule has 5 heteroatoms. The van der Waals surface area contributed by atoms with Gasteiger partial charge in [-0.1, -0.05) is 30.3 Å². The first-order valence-corrected chi connectivity index (χ1v) is 6.77. The van der Waals surface area contributed by atoms with Crippen molar-refractivity contribution in [3.63, 3.8) is 0 Å². The lowest BCUT2D eigenvalue weighted by Gasteiger charge is -2.23. The van der Waals surface area contributed by atoms with Crippen LogP contribution in [0.3, 0.4) is 0 Å². The fourth-order valence-electron chi connectivity index (χ4n) is 3.43. The van der Waals surface area contributed by atoms with Gasteiger partial charge in [-0.25, -0.2) is 4.79 Å². The number of halogens is 3. The highest BCUT2D eigenvalue weighted by molar-refractivity contribution is 5.94. The summed E-state index contributed by atoms with van der Waals surface area (Å²) in [6, 6.07) is 9.45. The Hall–Kier alpha value is -1.52. The molecule has 0 radical (unpaired) electrons. The van der Waals surface area contributed by atoms with Gasteiger partial charge < -0.3 is 4.74 Å². The third kappa shape index (κ3) is 2.19. The van der Waals surface area contributed by atoms with E-state index in [9.17, 15) is 18.0 Å². The van der Waals surface area contributed by atoms with Crippen molar-refractivity contribution in [2.24, 2.45) is 11.8 Å². The Balaban J connectivity index is 1.72. The molecule has 1 saturated carbocycles. The van der Waals surface area contributed by atoms with Crippen LogP contribution in [0.25, 0.3) is 0 Å². The number of carbonyl (C=O) groups excluding carboxylic acids is 1. The van der Waals surface area contributed by atoms with Gasteiger partial charge in [-0.05, 0) is 37.2 Å². The van der Waals surface area contributed by atoms with Crippen LogP contribution in [0.15, 0.2) is 30.3 Å². The van der Waals surface area contributed by atoms with Crippen molar-refractivity contribution < 1.29 is 22.7 Å². The summed E-state index contributed by atoms with van der Waals surface area (Å²) in [5.41, 5.74) is -0.517. The number of ether oxygens (including phenoxy) is 1. The maximum atomic E-state index is 13.2. The van der Waals surface area contributed by atoms with Crippen LogP contribution in [0.4, 0.5) is 13.2 Å². The zero-order valence-corrected chi connectivity index (χ0v) is 10.8. The van der Waals surface area contributed by atoms with Crippen LogP contribution in [-0.2, 0) is 16.0 Å². The van der Waals surface area contributed by atoms with Crippen molar-refractivity contribution in [1.29, 1.82) is 0 Å². The van der Waals surface area contributed by atoms with Gasteiger partial charge in [0.15, 0.2) is 0 Å². The maximum Gasteiger partial charge on any atom is 0.396 e. The normalized spacial score (nSPS) is 32.5. The minimum atomic E-state index is -4.37. The van der Waals surface area contributed by atoms with Gasteiger partial charge in [0.1, 0.15) is 5.92 Å². The van der Waals surface area contributed by atoms with Crippen molar-refractivity contribution >= 4 is 5.97 Å². The summed E-state index contributed by atoms with van der Waals surface area (Å²) < 4.78 is 44.4. The molecule has 1 heterocycles. The van der Waals surface area contributed by atoms with E-state index in [1.165, 1.54) is 0 Å². The van der Waals surface area contributed by atoms with Gasteiger partial charge in [0, 0.05) is 0 Å². The number of hydrogen-bond donors (Lipinski definition) is 0. The van der Waals surface area contributed by atoms with E-state index in [4.69, 9.17) is 4.74 Å². The summed E-state index contributed by atoms with van der Waals surface area (Å²) in [5.74, 6) is -2.84. The van der Waals surface area contributed by atoms with Crippen LogP contribution in [0, 0.1) is 11.8 Å². The predicted molar refractivity (Wildman–Crippen MR) is 65.9 cm³/mol. The molecule has 2 aliphatic rings. The minimum absolute atomic E-state index is 0.204. The Morgan fingerprint density at radius 1 is 1.25 bits per heavy atom. The molecule has 1 spiro atoms. The Kier molecular flexibility index (Phi) is 3.03. The van der Waals surface area contributed by atoms with Gasteiger partial charge in [0.25, 0.3) is 0 Å². The van der Waals surface area contributed by atoms with Gasteiger partial charge in [0.05, 0.1) is 0 Å². The number of alkyl halides is 3. The Labute approximate surface area is 114 Å². The molecule has 20 heavy (non-hydrogen) atoms. The molecule has 0 amide bonds. The molecule has 0 N–H and O–H groups in total. The number of rotatable bonds is 3. The molecule has 1 aliphatic carbocycles. The highest BCUT2D eigenvalue weighted by Crippen LogP contribution is 2.58. The van der Waals surface area contributed by atoms with E-state index in [-0.39, 0.29) is 6.42 Å². The second-order valence-corrected chi connectivity index (χ2v) is 5.62. The molecule has 1 aromatic carbocycles. The molecule has 1 aliphatic heterocycles. The lowest BCUT2D eigenvalue weighted by Crippen LogP contribution is -2.37. The van der Waals surface area contributed by atoms with Gasteiger partial charge in [0.2, 0.25) is 5.60 Å². The van der Waals surface area contributed by atoms with Crippen molar-refractivity contribution in [2.75, 3.05) is 0 Å². The van der Waals surface area contributed by atoms with Gasteiger partial charge in [-0.15, -0.1) is 0 Å². The fourth-order valence-corrected chi connectivity index (χ4v) is 3.43. The minimum Gasteiger partial charge on any atom is -0.443 e. The van der Waals surface area contributed by atoms with Crippen molar-refractivity contribution in [2.45, 2.75) is 37.5 Å². The van der Waals surface area contributed by atoms with Crippen molar-refractivity contribution in [3.05, 3.63) is 35.9 Å². The summed E-state index contributed by atoms with van der Waals surface area (Å²) in [5, 5.41) is 0. The Bertz CT molecular complexity index is 512. The van der Waals surface area contributed by atoms with E-state index in [1.54, 1.807) is 0 Å². The molecule has 3 rings (SSSR count). The smallest absolute Gasteiger partial charge is 0.396 e. The van der Waals surface area contributed by atoms with E-state index in [0.717, 1.165) is 5.56 Å². The van der Waals surface area contributed by atoms with E-state index in [0.29, 0.717) is 19.3 Å². The van der Waals surface area contributed by atoms with Crippen LogP contribution < -0.4 is 0 Å². The van der Waals surface area contributed by atoms with Crippen LogP contribution >= 0.6 is 0 Å². The number of aryl methyl sites for hydroxylation is 1. The van der Waals surface area contributed by atoms with Crippen LogP contribution in [0.1, 0.15) is 24.8 Å². The number of carbonyl (C=O) groups is 1. The predicted octanol–water partition coefficient (Wildman–Crippen LogP) is 3.50. The summed E-state index contributed by atoms with van der Waals surface area (Å²) in [6.07, 6.45) is -2.73. The molecule has 2 nitrogen and oxygen atoms in total. The van der Waals surface area contributed by atoms with Gasteiger partial charge in [-0.3, -0.25) is 0 Å². The molecule has 0 aromatic heterocycles. The molecule has 0 bridgehead atoms. The van der Waals surface area contributed by atoms with E-state index in [2.05, 4.69) is 0 Å². The summed E-state index contributed by atoms with van der Waals surface area (Å²) in [4.78, 5) is 11.3. The highest BCUT2D eigenvalue weighted by atomic mass is 19.4. The molecule has 1 saturated heterocycles. The zero-order chi connectivity index (χ0) is 14.4. The first-order chi connectivity index (χ1) is 9.43. The summed E-state index contributed by atoms with van der Waals surface area (Å²) in [7, 11) is 0. The average Bonchev–Trinajstić information content (AvgIpc) is 2.86. The molecule has 3 atom stereocenters. The lowest BCUT2D eigenvalue weighted by atomic mass is 9.85. The first kappa shape index (κ1) is 13.5. The Morgan fingerprint density at radius 3 is 2.45 bits per heavy atom. The Morgan fingerprint density at radius 2 is 1.90 bits per heavy atom. The van der Waals surface area contributed by atoms with Gasteiger partial charge in [-0.2, -0.15) is 13.2 Å². The first-order valence-electron chi connectivity index (χ1n) is 6.77. The second kappa shape index (κ2) is 4.50. The second-order valence-electron chi connectivity index (χ2n) is 5.62. The summed E-state index contributed by atoms with van der Waals surface area (Å²) >= 11 is 0. The van der Waals surface area contributed by atoms with E-state index >= 15 is 0 Å². The van der Waals surface area contributed by atoms with E-state index < -0.39 is 29.6 Å². The summed E-state index contributed by atoms with van der Waals surface area (Å²) in [6.45, 7) is 0. The van der Waals surface area contributed by atoms with Gasteiger partial charge >= 0.3 is 12.1 Å². The zero-order valence-electron chi connectivity index (χ0n) is 10.8. The number of benzene rings is 1. The molecule has 108 valence electrons. The molecular weight excluding hydrogens is 269 g/mol. The fraction of sp³-hybridized carbons (Fsp3) is 0.533. The van der Waals surface area contributed by atoms with Crippen LogP contribution in [0.5, 0.6) is 0 Å². The number of epoxide rings is 1. The number of hydrogen-bond acceptors (Lipinski definition) is 2. The highest BCUT2D eigenvalue weighted by Gasteiger charge is 2.74. The van der Waals surface area contributed by atoms with Crippen molar-refractivity contribution in [3.8, 4) is 0 Å². The quantitative estimate of drug-likeness (QED) is 0.795. The third-order valence-corrected chi connectivity index (χ3v) is 4.44. The SMILES string of the molecule is O=C1OC12CCC(CCc1ccccc1)C2C(F)(F)F. The van der Waals surface area contributed by atoms with Crippen LogP contribution in [-0.4, -0.2) is 17.7 Å². The molecule has 1 aromatic rings. The standard InChI is InChI=1S/C15H15F3O2/c16-15(17,18)12-11(8-9-14(12)13(19)20-14)7-6-10-4-2-1-3-5-10/h1-5,11-12H,6-9H2. The molecule has 3 unspecified atom stereocenters. The topological polar surface area (TPSA) is 29.6 Å². The lowest BCUT2D eigenvalue weighted by molar-refractivity contribution is -0.197. The van der Waals surface area contributed by atoms with Crippen LogP contribution in [0.2, 0.25) is 0 Å². The van der Waals surface area contributed by atoms with E-state index in [1.807, 2.05) is 30.3 Å². The molecule has 2 fully saturated rings. The largest absolute Gasteiger partial charge is 0.443 e. The maximum absolute atomic E-state index is 13.2. The molecular formula is C15H15F3O2.